The summed E-state index contributed by atoms with van der Waals surface area (Å²) in [4.78, 5) is 47.3. The molecule has 2 saturated heterocycles. The lowest BCUT2D eigenvalue weighted by molar-refractivity contribution is -0.766. The van der Waals surface area contributed by atoms with Gasteiger partial charge < -0.3 is 60.2 Å². The molecule has 2 aromatic heterocycles. The van der Waals surface area contributed by atoms with E-state index in [1.807, 2.05) is 0 Å². The van der Waals surface area contributed by atoms with Crippen LogP contribution in [-0.2, 0) is 32.0 Å². The van der Waals surface area contributed by atoms with Crippen molar-refractivity contribution in [1.82, 2.24) is 0 Å². The van der Waals surface area contributed by atoms with Crippen LogP contribution in [0.2, 0.25) is 0 Å². The van der Waals surface area contributed by atoms with E-state index in [1.54, 1.807) is 0 Å². The first-order chi connectivity index (χ1) is 20.1. The summed E-state index contributed by atoms with van der Waals surface area (Å²) in [6.07, 6.45) is -7.00. The number of rotatable bonds is 12. The third-order valence-electron chi connectivity index (χ3n) is 6.47. The van der Waals surface area contributed by atoms with Crippen LogP contribution >= 0.6 is 15.6 Å². The first kappa shape index (κ1) is 33.2. The Morgan fingerprint density at radius 1 is 0.767 bits per heavy atom. The highest BCUT2D eigenvalue weighted by Gasteiger charge is 2.50. The van der Waals surface area contributed by atoms with E-state index in [2.05, 4.69) is 13.4 Å². The largest absolute Gasteiger partial charge is 0.756 e. The molecule has 10 atom stereocenters. The molecule has 4 rings (SSSR count). The fraction of sp³-hybridized carbons (Fsp3) is 0.455. The van der Waals surface area contributed by atoms with Crippen molar-refractivity contribution in [2.24, 2.45) is 11.5 Å². The summed E-state index contributed by atoms with van der Waals surface area (Å²) in [6.45, 7) is -1.99. The molecule has 2 fully saturated rings. The lowest BCUT2D eigenvalue weighted by atomic mass is 10.1. The third kappa shape index (κ3) is 7.86. The molecule has 236 valence electrons. The molecule has 0 aromatic carbocycles. The topological polar surface area (TPSA) is 301 Å². The number of aliphatic hydroxyl groups is 4. The van der Waals surface area contributed by atoms with E-state index in [4.69, 9.17) is 20.9 Å². The van der Waals surface area contributed by atoms with E-state index in [9.17, 15) is 48.9 Å². The zero-order valence-electron chi connectivity index (χ0n) is 21.9. The van der Waals surface area contributed by atoms with Crippen LogP contribution in [0.3, 0.4) is 0 Å². The van der Waals surface area contributed by atoms with Gasteiger partial charge in [0.05, 0.1) is 13.2 Å². The number of ether oxygens (including phenoxy) is 2. The molecule has 21 heteroatoms. The van der Waals surface area contributed by atoms with Crippen molar-refractivity contribution >= 4 is 27.5 Å². The van der Waals surface area contributed by atoms with Crippen LogP contribution in [0.4, 0.5) is 0 Å². The number of phosphoric acid groups is 2. The first-order valence-corrected chi connectivity index (χ1v) is 15.3. The van der Waals surface area contributed by atoms with Gasteiger partial charge in [0.15, 0.2) is 37.0 Å². The second-order valence-electron chi connectivity index (χ2n) is 9.47. The van der Waals surface area contributed by atoms with Crippen LogP contribution in [-0.4, -0.2) is 82.1 Å². The molecule has 2 aromatic rings. The molecule has 19 nitrogen and oxygen atoms in total. The number of pyridine rings is 2. The van der Waals surface area contributed by atoms with E-state index in [0.717, 1.165) is 0 Å². The normalized spacial score (nSPS) is 31.8. The van der Waals surface area contributed by atoms with E-state index in [1.165, 1.54) is 58.2 Å². The van der Waals surface area contributed by atoms with Gasteiger partial charge in [0.25, 0.3) is 39.9 Å². The molecule has 0 aliphatic carbocycles. The molecule has 2 amide bonds. The van der Waals surface area contributed by atoms with Crippen LogP contribution in [0.15, 0.2) is 49.1 Å². The van der Waals surface area contributed by atoms with Crippen molar-refractivity contribution < 1.29 is 80.9 Å². The Morgan fingerprint density at radius 3 is 1.49 bits per heavy atom. The maximum atomic E-state index is 12.2. The van der Waals surface area contributed by atoms with Crippen molar-refractivity contribution in [2.45, 2.75) is 49.1 Å². The molecule has 0 radical (unpaired) electrons. The predicted molar refractivity (Wildman–Crippen MR) is 130 cm³/mol. The van der Waals surface area contributed by atoms with Crippen molar-refractivity contribution in [3.05, 3.63) is 60.2 Å². The summed E-state index contributed by atoms with van der Waals surface area (Å²) in [5, 5.41) is 41.2. The lowest BCUT2D eigenvalue weighted by Gasteiger charge is -2.31. The highest BCUT2D eigenvalue weighted by atomic mass is 31.3. The van der Waals surface area contributed by atoms with Gasteiger partial charge in [0.2, 0.25) is 0 Å². The minimum atomic E-state index is -5.68. The number of hydrogen-bond donors (Lipinski definition) is 6. The molecule has 4 unspecified atom stereocenters. The molecule has 43 heavy (non-hydrogen) atoms. The van der Waals surface area contributed by atoms with Crippen molar-refractivity contribution in [1.29, 1.82) is 0 Å². The van der Waals surface area contributed by atoms with Crippen LogP contribution in [0.1, 0.15) is 33.2 Å². The molecule has 2 aliphatic rings. The number of hydrogen-bond acceptors (Lipinski definition) is 15. The summed E-state index contributed by atoms with van der Waals surface area (Å²) < 4.78 is 50.7. The van der Waals surface area contributed by atoms with Gasteiger partial charge in [0.1, 0.15) is 35.5 Å². The van der Waals surface area contributed by atoms with Crippen LogP contribution < -0.4 is 30.4 Å². The van der Waals surface area contributed by atoms with Gasteiger partial charge >= 0.3 is 0 Å². The smallest absolute Gasteiger partial charge is 0.292 e. The van der Waals surface area contributed by atoms with Gasteiger partial charge in [-0.1, -0.05) is 0 Å². The van der Waals surface area contributed by atoms with Crippen LogP contribution in [0.5, 0.6) is 0 Å². The minimum absolute atomic E-state index is 0.0488. The summed E-state index contributed by atoms with van der Waals surface area (Å²) in [6, 6.07) is 5.59. The molecule has 0 bridgehead atoms. The number of amides is 2. The van der Waals surface area contributed by atoms with Gasteiger partial charge in [-0.25, -0.2) is 4.31 Å². The van der Waals surface area contributed by atoms with Gasteiger partial charge in [0, 0.05) is 12.1 Å². The fourth-order valence-corrected chi connectivity index (χ4v) is 6.33. The van der Waals surface area contributed by atoms with Crippen molar-refractivity contribution in [2.75, 3.05) is 13.2 Å². The summed E-state index contributed by atoms with van der Waals surface area (Å²) in [5.74, 6) is -1.57. The van der Waals surface area contributed by atoms with E-state index in [0.29, 0.717) is 0 Å². The SMILES string of the molecule is NC(=O)c1ccc[n+]([C@@H]2OC(COP(=O)([O-])OP(=O)([O-])OCC3O[C@@H]([n+]4cccc(C(N)=O)c4)[C@H](O)[C@@H]3O)[C@@H](O)[C@H]2O)c1. The van der Waals surface area contributed by atoms with Gasteiger partial charge in [-0.2, -0.15) is 9.13 Å². The van der Waals surface area contributed by atoms with Crippen molar-refractivity contribution in [3.8, 4) is 0 Å². The Kier molecular flexibility index (Phi) is 10.1. The first-order valence-electron chi connectivity index (χ1n) is 12.4. The number of carbonyl (C=O) groups is 2. The standard InChI is InChI=1S/C22H28N4O15P2/c23-19(31)11-3-1-5-25(7-11)21-17(29)15(27)13(39-21)9-37-42(33,34)41-43(35,36)38-10-14-16(28)18(30)22(40-14)26-6-2-4-12(8-26)20(24)32/h1-8,13-18,21-22,27-30H,9-10H2,(H4-2,23,24,31,32,33,34,35,36)/t13?,14?,15-,16-,17-,18-,21-,22-/m1/s1. The average molecular weight is 650 g/mol. The highest BCUT2D eigenvalue weighted by molar-refractivity contribution is 7.59. The van der Waals surface area contributed by atoms with Gasteiger partial charge in [-0.3, -0.25) is 18.7 Å². The van der Waals surface area contributed by atoms with Crippen LogP contribution in [0.25, 0.3) is 0 Å². The third-order valence-corrected chi connectivity index (χ3v) is 9.00. The Morgan fingerprint density at radius 2 is 1.14 bits per heavy atom. The maximum Gasteiger partial charge on any atom is 0.292 e. The molecular weight excluding hydrogens is 622 g/mol. The average Bonchev–Trinajstić information content (AvgIpc) is 3.40. The molecule has 4 heterocycles. The quantitative estimate of drug-likeness (QED) is 0.0930. The van der Waals surface area contributed by atoms with E-state index >= 15 is 0 Å². The molecule has 0 saturated carbocycles. The highest BCUT2D eigenvalue weighted by Crippen LogP contribution is 2.56. The second-order valence-corrected chi connectivity index (χ2v) is 12.4. The lowest BCUT2D eigenvalue weighted by Crippen LogP contribution is -2.46. The number of phosphoric ester groups is 2. The Bertz CT molecular complexity index is 1340. The summed E-state index contributed by atoms with van der Waals surface area (Å²) >= 11 is 0. The molecular formula is C22H28N4O15P2. The zero-order valence-corrected chi connectivity index (χ0v) is 23.7. The second kappa shape index (κ2) is 13.1. The monoisotopic (exact) mass is 650 g/mol. The Hall–Kier alpha value is -2.74. The zero-order chi connectivity index (χ0) is 31.7. The summed E-state index contributed by atoms with van der Waals surface area (Å²) in [7, 11) is -11.4. The van der Waals surface area contributed by atoms with Gasteiger partial charge in [-0.05, 0) is 12.1 Å². The maximum absolute atomic E-state index is 12.2. The number of carbonyl (C=O) groups excluding carboxylic acids is 2. The number of nitrogens with zero attached hydrogens (tertiary/aromatic N) is 2. The fourth-order valence-electron chi connectivity index (χ4n) is 4.32. The number of nitrogens with two attached hydrogens (primary N) is 2. The minimum Gasteiger partial charge on any atom is -0.756 e. The number of primary amides is 2. The number of aromatic nitrogens is 2. The Balaban J connectivity index is 1.31. The summed E-state index contributed by atoms with van der Waals surface area (Å²) in [5.41, 5.74) is 10.5. The van der Waals surface area contributed by atoms with E-state index in [-0.39, 0.29) is 11.1 Å². The molecule has 8 N–H and O–H groups in total. The van der Waals surface area contributed by atoms with Crippen LogP contribution in [0, 0.1) is 0 Å². The Labute approximate surface area is 242 Å². The van der Waals surface area contributed by atoms with E-state index < -0.39 is 89.8 Å². The predicted octanol–water partition coefficient (Wildman–Crippen LogP) is -4.62. The van der Waals surface area contributed by atoms with Crippen molar-refractivity contribution in [3.63, 3.8) is 0 Å². The molecule has 0 spiro atoms. The number of aliphatic hydroxyl groups excluding tert-OH is 4. The van der Waals surface area contributed by atoms with Gasteiger partial charge in [-0.15, -0.1) is 0 Å². The molecule has 2 aliphatic heterocycles.